The summed E-state index contributed by atoms with van der Waals surface area (Å²) in [7, 11) is -4.20. The quantitative estimate of drug-likeness (QED) is 0.755. The molecule has 1 heterocycles. The second-order valence-electron chi connectivity index (χ2n) is 4.24. The van der Waals surface area contributed by atoms with Crippen LogP contribution < -0.4 is 9.44 Å². The molecule has 0 aromatic heterocycles. The number of halogens is 3. The minimum atomic E-state index is -4.59. The molecule has 2 N–H and O–H groups in total. The zero-order valence-corrected chi connectivity index (χ0v) is 10.7. The maximum Gasteiger partial charge on any atom is 0.402 e. The summed E-state index contributed by atoms with van der Waals surface area (Å²) in [6.45, 7) is 1.72. The van der Waals surface area contributed by atoms with Crippen molar-refractivity contribution in [1.82, 2.24) is 9.44 Å². The van der Waals surface area contributed by atoms with Crippen LogP contribution in [0.4, 0.5) is 13.2 Å². The first-order chi connectivity index (χ1) is 7.99. The molecule has 1 atom stereocenters. The molecule has 0 saturated carbocycles. The van der Waals surface area contributed by atoms with E-state index in [0.29, 0.717) is 0 Å². The first kappa shape index (κ1) is 15.6. The highest BCUT2D eigenvalue weighted by molar-refractivity contribution is 7.87. The highest BCUT2D eigenvalue weighted by Gasteiger charge is 2.34. The second kappa shape index (κ2) is 5.29. The van der Waals surface area contributed by atoms with Gasteiger partial charge in [0.15, 0.2) is 5.79 Å². The molecular formula is C8H15F3N2O4S. The maximum atomic E-state index is 11.8. The SMILES string of the molecule is CC1(C)OCC(CNS(=O)(=O)NCC(F)(F)F)O1. The number of nitrogens with one attached hydrogen (secondary N) is 2. The van der Waals surface area contributed by atoms with Gasteiger partial charge >= 0.3 is 6.18 Å². The van der Waals surface area contributed by atoms with Crippen LogP contribution in [0, 0.1) is 0 Å². The first-order valence-electron chi connectivity index (χ1n) is 5.12. The van der Waals surface area contributed by atoms with E-state index in [1.165, 1.54) is 4.72 Å². The summed E-state index contributed by atoms with van der Waals surface area (Å²) in [6, 6.07) is 0. The van der Waals surface area contributed by atoms with Crippen LogP contribution in [0.2, 0.25) is 0 Å². The Morgan fingerprint density at radius 1 is 1.33 bits per heavy atom. The summed E-state index contributed by atoms with van der Waals surface area (Å²) < 4.78 is 71.7. The van der Waals surface area contributed by atoms with Crippen LogP contribution in [0.25, 0.3) is 0 Å². The monoisotopic (exact) mass is 292 g/mol. The van der Waals surface area contributed by atoms with Gasteiger partial charge in [-0.3, -0.25) is 0 Å². The van der Waals surface area contributed by atoms with Gasteiger partial charge in [0.25, 0.3) is 10.2 Å². The molecule has 108 valence electrons. The van der Waals surface area contributed by atoms with Gasteiger partial charge in [0.2, 0.25) is 0 Å². The molecule has 0 bridgehead atoms. The second-order valence-corrected chi connectivity index (χ2v) is 5.82. The van der Waals surface area contributed by atoms with Crippen LogP contribution in [-0.2, 0) is 19.7 Å². The van der Waals surface area contributed by atoms with E-state index < -0.39 is 34.8 Å². The fourth-order valence-electron chi connectivity index (χ4n) is 1.29. The first-order valence-corrected chi connectivity index (χ1v) is 6.60. The van der Waals surface area contributed by atoms with Crippen LogP contribution in [0.5, 0.6) is 0 Å². The van der Waals surface area contributed by atoms with Crippen molar-refractivity contribution in [2.45, 2.75) is 31.9 Å². The van der Waals surface area contributed by atoms with Gasteiger partial charge in [-0.05, 0) is 13.8 Å². The maximum absolute atomic E-state index is 11.8. The van der Waals surface area contributed by atoms with Gasteiger partial charge in [-0.2, -0.15) is 31.0 Å². The molecule has 0 radical (unpaired) electrons. The largest absolute Gasteiger partial charge is 0.402 e. The van der Waals surface area contributed by atoms with Crippen LogP contribution in [-0.4, -0.2) is 46.2 Å². The summed E-state index contributed by atoms with van der Waals surface area (Å²) in [5.74, 6) is -0.810. The fourth-order valence-corrected chi connectivity index (χ4v) is 2.16. The predicted octanol–water partition coefficient (Wildman–Crippen LogP) is 0.124. The molecule has 1 rings (SSSR count). The molecule has 1 saturated heterocycles. The molecule has 1 unspecified atom stereocenters. The number of ether oxygens (including phenoxy) is 2. The van der Waals surface area contributed by atoms with Crippen molar-refractivity contribution in [2.75, 3.05) is 19.7 Å². The van der Waals surface area contributed by atoms with Crippen molar-refractivity contribution in [3.63, 3.8) is 0 Å². The average Bonchev–Trinajstić information content (AvgIpc) is 2.52. The molecule has 1 fully saturated rings. The minimum Gasteiger partial charge on any atom is -0.348 e. The lowest BCUT2D eigenvalue weighted by atomic mass is 10.4. The van der Waals surface area contributed by atoms with E-state index in [1.54, 1.807) is 13.8 Å². The van der Waals surface area contributed by atoms with Gasteiger partial charge in [-0.25, -0.2) is 0 Å². The van der Waals surface area contributed by atoms with E-state index in [0.717, 1.165) is 0 Å². The summed E-state index contributed by atoms with van der Waals surface area (Å²) in [4.78, 5) is 0. The Balaban J connectivity index is 2.34. The van der Waals surface area contributed by atoms with Crippen LogP contribution >= 0.6 is 0 Å². The summed E-state index contributed by atoms with van der Waals surface area (Å²) >= 11 is 0. The van der Waals surface area contributed by atoms with Crippen molar-refractivity contribution in [1.29, 1.82) is 0 Å². The normalized spacial score (nSPS) is 24.4. The molecule has 6 nitrogen and oxygen atoms in total. The lowest BCUT2D eigenvalue weighted by Crippen LogP contribution is -2.44. The fraction of sp³-hybridized carbons (Fsp3) is 1.00. The Hall–Kier alpha value is -0.420. The number of rotatable bonds is 5. The zero-order chi connectivity index (χ0) is 14.0. The molecular weight excluding hydrogens is 277 g/mol. The van der Waals surface area contributed by atoms with Crippen molar-refractivity contribution in [2.24, 2.45) is 0 Å². The van der Waals surface area contributed by atoms with Crippen molar-refractivity contribution in [3.05, 3.63) is 0 Å². The van der Waals surface area contributed by atoms with Crippen LogP contribution in [0.3, 0.4) is 0 Å². The van der Waals surface area contributed by atoms with Crippen LogP contribution in [0.1, 0.15) is 13.8 Å². The third-order valence-electron chi connectivity index (χ3n) is 2.03. The number of hydrogen-bond acceptors (Lipinski definition) is 4. The lowest BCUT2D eigenvalue weighted by molar-refractivity contribution is -0.137. The predicted molar refractivity (Wildman–Crippen MR) is 55.9 cm³/mol. The summed E-state index contributed by atoms with van der Waals surface area (Å²) in [6.07, 6.45) is -5.12. The van der Waals surface area contributed by atoms with E-state index in [4.69, 9.17) is 9.47 Å². The Bertz CT molecular complexity index is 382. The molecule has 1 aliphatic rings. The van der Waals surface area contributed by atoms with E-state index in [2.05, 4.69) is 0 Å². The smallest absolute Gasteiger partial charge is 0.348 e. The van der Waals surface area contributed by atoms with E-state index in [-0.39, 0.29) is 13.2 Å². The standard InChI is InChI=1S/C8H15F3N2O4S/c1-7(2)16-4-6(17-7)3-12-18(14,15)13-5-8(9,10)11/h6,12-13H,3-5H2,1-2H3. The summed E-state index contributed by atoms with van der Waals surface area (Å²) in [5.41, 5.74) is 0. The van der Waals surface area contributed by atoms with Gasteiger partial charge in [0, 0.05) is 6.54 Å². The van der Waals surface area contributed by atoms with Gasteiger partial charge in [0.1, 0.15) is 6.54 Å². The Morgan fingerprint density at radius 2 is 1.94 bits per heavy atom. The topological polar surface area (TPSA) is 76.7 Å². The summed E-state index contributed by atoms with van der Waals surface area (Å²) in [5, 5.41) is 0. The molecule has 0 spiro atoms. The zero-order valence-electron chi connectivity index (χ0n) is 9.87. The van der Waals surface area contributed by atoms with Gasteiger partial charge in [-0.1, -0.05) is 0 Å². The number of hydrogen-bond donors (Lipinski definition) is 2. The Kier molecular flexibility index (Phi) is 4.60. The molecule has 0 aromatic rings. The van der Waals surface area contributed by atoms with E-state index in [9.17, 15) is 21.6 Å². The highest BCUT2D eigenvalue weighted by atomic mass is 32.2. The molecule has 1 aliphatic heterocycles. The Labute approximate surface area is 103 Å². The van der Waals surface area contributed by atoms with Gasteiger partial charge in [-0.15, -0.1) is 0 Å². The highest BCUT2D eigenvalue weighted by Crippen LogP contribution is 2.21. The lowest BCUT2D eigenvalue weighted by Gasteiger charge is -2.17. The van der Waals surface area contributed by atoms with E-state index >= 15 is 0 Å². The molecule has 0 aromatic carbocycles. The Morgan fingerprint density at radius 3 is 2.39 bits per heavy atom. The third kappa shape index (κ3) is 5.96. The average molecular weight is 292 g/mol. The molecule has 10 heteroatoms. The molecule has 0 amide bonds. The van der Waals surface area contributed by atoms with Crippen molar-refractivity contribution >= 4 is 10.2 Å². The molecule has 18 heavy (non-hydrogen) atoms. The van der Waals surface area contributed by atoms with Crippen LogP contribution in [0.15, 0.2) is 0 Å². The van der Waals surface area contributed by atoms with Gasteiger partial charge < -0.3 is 9.47 Å². The molecule has 0 aliphatic carbocycles. The third-order valence-corrected chi connectivity index (χ3v) is 3.10. The van der Waals surface area contributed by atoms with Crippen molar-refractivity contribution < 1.29 is 31.1 Å². The van der Waals surface area contributed by atoms with Crippen molar-refractivity contribution in [3.8, 4) is 0 Å². The number of alkyl halides is 3. The minimum absolute atomic E-state index is 0.156. The van der Waals surface area contributed by atoms with Gasteiger partial charge in [0.05, 0.1) is 12.7 Å². The van der Waals surface area contributed by atoms with E-state index in [1.807, 2.05) is 4.72 Å².